The number of carbonyl (C=O) groups excluding carboxylic acids is 1. The highest BCUT2D eigenvalue weighted by atomic mass is 16.7. The topological polar surface area (TPSA) is 148 Å². The van der Waals surface area contributed by atoms with Crippen molar-refractivity contribution in [1.29, 1.82) is 0 Å². The molecule has 0 aliphatic rings. The second-order valence-corrected chi connectivity index (χ2v) is 6.81. The van der Waals surface area contributed by atoms with E-state index >= 15 is 0 Å². The predicted octanol–water partition coefficient (Wildman–Crippen LogP) is 5.20. The van der Waals surface area contributed by atoms with Gasteiger partial charge in [-0.05, 0) is 24.3 Å². The van der Waals surface area contributed by atoms with E-state index in [0.29, 0.717) is 11.1 Å². The van der Waals surface area contributed by atoms with E-state index in [4.69, 9.17) is 9.47 Å². The maximum absolute atomic E-state index is 12.6. The molecule has 0 aliphatic carbocycles. The molecule has 0 N–H and O–H groups in total. The van der Waals surface area contributed by atoms with Gasteiger partial charge < -0.3 is 9.47 Å². The Balaban J connectivity index is 1.66. The summed E-state index contributed by atoms with van der Waals surface area (Å²) in [7, 11) is 0. The van der Waals surface area contributed by atoms with E-state index in [1.165, 1.54) is 61.2 Å². The van der Waals surface area contributed by atoms with Crippen LogP contribution in [0.3, 0.4) is 0 Å². The molecule has 0 spiro atoms. The Labute approximate surface area is 191 Å². The Kier molecular flexibility index (Phi) is 6.17. The smallest absolute Gasteiger partial charge is 0.394 e. The van der Waals surface area contributed by atoms with Crippen molar-refractivity contribution in [1.82, 2.24) is 9.97 Å². The van der Waals surface area contributed by atoms with E-state index in [-0.39, 0.29) is 34.0 Å². The number of ether oxygens (including phenoxy) is 2. The van der Waals surface area contributed by atoms with Crippen LogP contribution in [0.2, 0.25) is 0 Å². The van der Waals surface area contributed by atoms with Gasteiger partial charge in [-0.25, -0.2) is 4.79 Å². The first-order valence-corrected chi connectivity index (χ1v) is 9.70. The quantitative estimate of drug-likeness (QED) is 0.164. The van der Waals surface area contributed by atoms with E-state index < -0.39 is 16.0 Å². The molecule has 2 heterocycles. The van der Waals surface area contributed by atoms with Gasteiger partial charge in [-0.15, -0.1) is 0 Å². The van der Waals surface area contributed by atoms with E-state index in [0.717, 1.165) is 0 Å². The maximum atomic E-state index is 12.6. The largest absolute Gasteiger partial charge is 0.519 e. The minimum atomic E-state index is -1.14. The van der Waals surface area contributed by atoms with Gasteiger partial charge in [0.15, 0.2) is 0 Å². The van der Waals surface area contributed by atoms with Crippen molar-refractivity contribution >= 4 is 17.5 Å². The number of rotatable bonds is 6. The Hall–Kier alpha value is -5.19. The molecule has 2 aromatic heterocycles. The number of carbonyl (C=O) groups is 1. The summed E-state index contributed by atoms with van der Waals surface area (Å²) >= 11 is 0. The zero-order valence-corrected chi connectivity index (χ0v) is 17.2. The number of nitro benzene ring substituents is 2. The fraction of sp³-hybridized carbons (Fsp3) is 0. The second kappa shape index (κ2) is 9.53. The van der Waals surface area contributed by atoms with Crippen molar-refractivity contribution < 1.29 is 24.1 Å². The summed E-state index contributed by atoms with van der Waals surface area (Å²) in [6, 6.07) is 14.0. The summed E-state index contributed by atoms with van der Waals surface area (Å²) in [6.45, 7) is 0. The van der Waals surface area contributed by atoms with Crippen LogP contribution >= 0.6 is 0 Å². The van der Waals surface area contributed by atoms with Crippen LogP contribution in [0.1, 0.15) is 0 Å². The molecule has 0 unspecified atom stereocenters. The molecule has 0 atom stereocenters. The van der Waals surface area contributed by atoms with Crippen LogP contribution in [0, 0.1) is 20.2 Å². The molecule has 4 aromatic rings. The number of benzene rings is 2. The normalized spacial score (nSPS) is 10.4. The van der Waals surface area contributed by atoms with Gasteiger partial charge in [-0.2, -0.15) is 0 Å². The zero-order valence-electron chi connectivity index (χ0n) is 17.2. The molecule has 34 heavy (non-hydrogen) atoms. The number of nitro groups is 2. The first-order chi connectivity index (χ1) is 16.4. The highest BCUT2D eigenvalue weighted by molar-refractivity contribution is 5.79. The van der Waals surface area contributed by atoms with Crippen molar-refractivity contribution in [3.05, 3.63) is 106 Å². The van der Waals surface area contributed by atoms with Gasteiger partial charge in [0.2, 0.25) is 0 Å². The Morgan fingerprint density at radius 1 is 0.706 bits per heavy atom. The lowest BCUT2D eigenvalue weighted by Gasteiger charge is -2.12. The number of nitrogens with zero attached hydrogens (tertiary/aromatic N) is 4. The number of aromatic nitrogens is 2. The van der Waals surface area contributed by atoms with Crippen LogP contribution in [-0.2, 0) is 0 Å². The fourth-order valence-electron chi connectivity index (χ4n) is 3.14. The average molecular weight is 458 g/mol. The lowest BCUT2D eigenvalue weighted by Crippen LogP contribution is -2.15. The summed E-state index contributed by atoms with van der Waals surface area (Å²) < 4.78 is 10.7. The summed E-state index contributed by atoms with van der Waals surface area (Å²) in [4.78, 5) is 41.9. The predicted molar refractivity (Wildman–Crippen MR) is 119 cm³/mol. The molecule has 0 aliphatic heterocycles. The molecular formula is C23H14N4O7. The van der Waals surface area contributed by atoms with Gasteiger partial charge >= 0.3 is 6.16 Å². The lowest BCUT2D eigenvalue weighted by molar-refractivity contribution is -0.385. The Morgan fingerprint density at radius 2 is 1.15 bits per heavy atom. The monoisotopic (exact) mass is 458 g/mol. The third kappa shape index (κ3) is 4.83. The molecule has 0 amide bonds. The third-order valence-corrected chi connectivity index (χ3v) is 4.68. The first kappa shape index (κ1) is 22.0. The number of hydrogen-bond acceptors (Lipinski definition) is 9. The summed E-state index contributed by atoms with van der Waals surface area (Å²) in [5, 5.41) is 22.4. The minimum Gasteiger partial charge on any atom is -0.394 e. The first-order valence-electron chi connectivity index (χ1n) is 9.70. The molecule has 11 heteroatoms. The molecule has 11 nitrogen and oxygen atoms in total. The van der Waals surface area contributed by atoms with Crippen LogP contribution < -0.4 is 9.47 Å². The van der Waals surface area contributed by atoms with Gasteiger partial charge in [-0.1, -0.05) is 12.1 Å². The molecule has 0 radical (unpaired) electrons. The van der Waals surface area contributed by atoms with Crippen molar-refractivity contribution in [3.8, 4) is 33.8 Å². The van der Waals surface area contributed by atoms with E-state index in [9.17, 15) is 25.0 Å². The molecule has 4 rings (SSSR count). The van der Waals surface area contributed by atoms with Crippen molar-refractivity contribution in [3.63, 3.8) is 0 Å². The molecule has 0 fully saturated rings. The lowest BCUT2D eigenvalue weighted by atomic mass is 10.1. The molecule has 168 valence electrons. The minimum absolute atomic E-state index is 0.00781. The molecule has 0 bridgehead atoms. The highest BCUT2D eigenvalue weighted by Crippen LogP contribution is 2.35. The maximum Gasteiger partial charge on any atom is 0.519 e. The van der Waals surface area contributed by atoms with Crippen molar-refractivity contribution in [2.75, 3.05) is 0 Å². The standard InChI is InChI=1S/C23H14N4O7/c28-23(33-21-7-5-17(26(29)30)11-19(21)15-3-1-9-24-13-15)34-22-8-6-18(27(31)32)12-20(22)16-4-2-10-25-14-16/h1-14H. The number of hydrogen-bond donors (Lipinski definition) is 0. The van der Waals surface area contributed by atoms with E-state index in [2.05, 4.69) is 9.97 Å². The zero-order chi connectivity index (χ0) is 24.1. The third-order valence-electron chi connectivity index (χ3n) is 4.68. The molecular weight excluding hydrogens is 444 g/mol. The van der Waals surface area contributed by atoms with Gasteiger partial charge in [0, 0.05) is 71.3 Å². The Bertz CT molecular complexity index is 1270. The average Bonchev–Trinajstić information content (AvgIpc) is 2.85. The van der Waals surface area contributed by atoms with Crippen LogP contribution in [-0.4, -0.2) is 26.0 Å². The fourth-order valence-corrected chi connectivity index (χ4v) is 3.14. The second-order valence-electron chi connectivity index (χ2n) is 6.81. The van der Waals surface area contributed by atoms with Crippen LogP contribution in [0.5, 0.6) is 11.5 Å². The van der Waals surface area contributed by atoms with Gasteiger partial charge in [0.05, 0.1) is 9.85 Å². The van der Waals surface area contributed by atoms with Gasteiger partial charge in [0.25, 0.3) is 11.4 Å². The van der Waals surface area contributed by atoms with E-state index in [1.807, 2.05) is 0 Å². The summed E-state index contributed by atoms with van der Waals surface area (Å²) in [5.41, 5.74) is 1.09. The number of pyridine rings is 2. The molecule has 0 saturated carbocycles. The van der Waals surface area contributed by atoms with Gasteiger partial charge in [-0.3, -0.25) is 30.2 Å². The summed E-state index contributed by atoms with van der Waals surface area (Å²) in [5.74, 6) is 0.0156. The Morgan fingerprint density at radius 3 is 1.50 bits per heavy atom. The highest BCUT2D eigenvalue weighted by Gasteiger charge is 2.20. The molecule has 2 aromatic carbocycles. The van der Waals surface area contributed by atoms with Crippen LogP contribution in [0.4, 0.5) is 16.2 Å². The SMILES string of the molecule is O=C(Oc1ccc([N+](=O)[O-])cc1-c1cccnc1)Oc1ccc([N+](=O)[O-])cc1-c1cccnc1. The summed E-state index contributed by atoms with van der Waals surface area (Å²) in [6.07, 6.45) is 4.86. The van der Waals surface area contributed by atoms with Crippen LogP contribution in [0.25, 0.3) is 22.3 Å². The van der Waals surface area contributed by atoms with Gasteiger partial charge in [0.1, 0.15) is 11.5 Å². The molecule has 0 saturated heterocycles. The van der Waals surface area contributed by atoms with Crippen molar-refractivity contribution in [2.45, 2.75) is 0 Å². The van der Waals surface area contributed by atoms with E-state index in [1.54, 1.807) is 24.3 Å². The van der Waals surface area contributed by atoms with Crippen molar-refractivity contribution in [2.24, 2.45) is 0 Å². The van der Waals surface area contributed by atoms with Crippen LogP contribution in [0.15, 0.2) is 85.5 Å². The number of non-ortho nitro benzene ring substituents is 2.